The average Bonchev–Trinajstić information content (AvgIpc) is 2.40. The number of pyridine rings is 1. The van der Waals surface area contributed by atoms with Gasteiger partial charge in [-0.2, -0.15) is 0 Å². The van der Waals surface area contributed by atoms with Crippen molar-refractivity contribution in [3.05, 3.63) is 29.6 Å². The number of aryl methyl sites for hydroxylation is 1. The van der Waals surface area contributed by atoms with Gasteiger partial charge in [0.15, 0.2) is 0 Å². The largest absolute Gasteiger partial charge is 0.372 e. The third-order valence-corrected chi connectivity index (χ3v) is 3.74. The summed E-state index contributed by atoms with van der Waals surface area (Å²) in [5.41, 5.74) is 2.30. The Kier molecular flexibility index (Phi) is 5.14. The molecule has 0 atom stereocenters. The summed E-state index contributed by atoms with van der Waals surface area (Å²) < 4.78 is 5.99. The highest BCUT2D eigenvalue weighted by Gasteiger charge is 2.20. The lowest BCUT2D eigenvalue weighted by Gasteiger charge is -2.29. The van der Waals surface area contributed by atoms with E-state index in [0.717, 1.165) is 12.2 Å². The van der Waals surface area contributed by atoms with E-state index in [1.165, 1.54) is 31.2 Å². The van der Waals surface area contributed by atoms with Gasteiger partial charge in [0.2, 0.25) is 0 Å². The van der Waals surface area contributed by atoms with Gasteiger partial charge in [-0.3, -0.25) is 4.98 Å². The number of nitrogens with zero attached hydrogens (tertiary/aromatic N) is 1. The zero-order valence-electron chi connectivity index (χ0n) is 11.5. The lowest BCUT2D eigenvalue weighted by Crippen LogP contribution is -2.35. The zero-order valence-corrected chi connectivity index (χ0v) is 11.5. The van der Waals surface area contributed by atoms with Gasteiger partial charge >= 0.3 is 0 Å². The SMILES string of the molecule is CCNC1CCC(OCc2ncccc2C)CC1. The maximum absolute atomic E-state index is 5.99. The normalized spacial score (nSPS) is 24.1. The molecule has 1 N–H and O–H groups in total. The maximum Gasteiger partial charge on any atom is 0.0894 e. The summed E-state index contributed by atoms with van der Waals surface area (Å²) in [6, 6.07) is 4.76. The van der Waals surface area contributed by atoms with Gasteiger partial charge in [-0.15, -0.1) is 0 Å². The van der Waals surface area contributed by atoms with E-state index >= 15 is 0 Å². The van der Waals surface area contributed by atoms with Crippen LogP contribution < -0.4 is 5.32 Å². The molecule has 1 saturated carbocycles. The molecule has 0 amide bonds. The van der Waals surface area contributed by atoms with Gasteiger partial charge in [-0.05, 0) is 50.8 Å². The molecular formula is C15H24N2O. The molecule has 1 aromatic heterocycles. The predicted octanol–water partition coefficient (Wildman–Crippen LogP) is 2.83. The van der Waals surface area contributed by atoms with Crippen molar-refractivity contribution in [1.82, 2.24) is 10.3 Å². The summed E-state index contributed by atoms with van der Waals surface area (Å²) in [5.74, 6) is 0. The van der Waals surface area contributed by atoms with Crippen LogP contribution in [0.25, 0.3) is 0 Å². The topological polar surface area (TPSA) is 34.1 Å². The van der Waals surface area contributed by atoms with E-state index in [-0.39, 0.29) is 0 Å². The molecule has 1 heterocycles. The predicted molar refractivity (Wildman–Crippen MR) is 73.5 cm³/mol. The summed E-state index contributed by atoms with van der Waals surface area (Å²) >= 11 is 0. The zero-order chi connectivity index (χ0) is 12.8. The molecule has 0 spiro atoms. The van der Waals surface area contributed by atoms with E-state index in [4.69, 9.17) is 4.74 Å². The van der Waals surface area contributed by atoms with E-state index in [2.05, 4.69) is 30.2 Å². The molecule has 0 radical (unpaired) electrons. The first-order valence-corrected chi connectivity index (χ1v) is 7.05. The fourth-order valence-corrected chi connectivity index (χ4v) is 2.59. The Morgan fingerprint density at radius 3 is 2.78 bits per heavy atom. The number of hydrogen-bond acceptors (Lipinski definition) is 3. The molecule has 1 aliphatic rings. The molecular weight excluding hydrogens is 224 g/mol. The molecule has 1 aliphatic carbocycles. The fraction of sp³-hybridized carbons (Fsp3) is 0.667. The van der Waals surface area contributed by atoms with Gasteiger partial charge in [0.05, 0.1) is 18.4 Å². The summed E-state index contributed by atoms with van der Waals surface area (Å²) in [5, 5.41) is 3.52. The monoisotopic (exact) mass is 248 g/mol. The minimum atomic E-state index is 0.418. The average molecular weight is 248 g/mol. The highest BCUT2D eigenvalue weighted by Crippen LogP contribution is 2.22. The molecule has 1 fully saturated rings. The lowest BCUT2D eigenvalue weighted by atomic mass is 9.93. The van der Waals surface area contributed by atoms with Crippen LogP contribution >= 0.6 is 0 Å². The number of hydrogen-bond donors (Lipinski definition) is 1. The summed E-state index contributed by atoms with van der Waals surface area (Å²) in [7, 11) is 0. The molecule has 1 aromatic rings. The van der Waals surface area contributed by atoms with Crippen molar-refractivity contribution < 1.29 is 4.74 Å². The van der Waals surface area contributed by atoms with Crippen LogP contribution in [-0.2, 0) is 11.3 Å². The van der Waals surface area contributed by atoms with Crippen molar-refractivity contribution in [3.63, 3.8) is 0 Å². The molecule has 0 unspecified atom stereocenters. The van der Waals surface area contributed by atoms with Crippen molar-refractivity contribution >= 4 is 0 Å². The molecule has 0 saturated heterocycles. The van der Waals surface area contributed by atoms with Crippen molar-refractivity contribution in [2.45, 2.75) is 58.3 Å². The molecule has 18 heavy (non-hydrogen) atoms. The van der Waals surface area contributed by atoms with Crippen LogP contribution in [0, 0.1) is 6.92 Å². The highest BCUT2D eigenvalue weighted by atomic mass is 16.5. The second-order valence-electron chi connectivity index (χ2n) is 5.11. The first-order chi connectivity index (χ1) is 8.79. The highest BCUT2D eigenvalue weighted by molar-refractivity contribution is 5.16. The van der Waals surface area contributed by atoms with Crippen molar-refractivity contribution in [3.8, 4) is 0 Å². The smallest absolute Gasteiger partial charge is 0.0894 e. The van der Waals surface area contributed by atoms with Crippen LogP contribution in [0.2, 0.25) is 0 Å². The van der Waals surface area contributed by atoms with Gasteiger partial charge in [-0.1, -0.05) is 13.0 Å². The molecule has 0 bridgehead atoms. The maximum atomic E-state index is 5.99. The molecule has 3 heteroatoms. The van der Waals surface area contributed by atoms with Crippen molar-refractivity contribution in [1.29, 1.82) is 0 Å². The number of nitrogens with one attached hydrogen (secondary N) is 1. The standard InChI is InChI=1S/C15H24N2O/c1-3-16-13-6-8-14(9-7-13)18-11-15-12(2)5-4-10-17-15/h4-5,10,13-14,16H,3,6-9,11H2,1-2H3. The lowest BCUT2D eigenvalue weighted by molar-refractivity contribution is 0.00970. The Balaban J connectivity index is 1.74. The number of ether oxygens (including phenoxy) is 1. The molecule has 0 aromatic carbocycles. The minimum absolute atomic E-state index is 0.418. The minimum Gasteiger partial charge on any atom is -0.372 e. The molecule has 2 rings (SSSR count). The third-order valence-electron chi connectivity index (χ3n) is 3.74. The number of rotatable bonds is 5. The second kappa shape index (κ2) is 6.86. The van der Waals surface area contributed by atoms with Gasteiger partial charge in [0.25, 0.3) is 0 Å². The van der Waals surface area contributed by atoms with Gasteiger partial charge in [-0.25, -0.2) is 0 Å². The Morgan fingerprint density at radius 2 is 2.11 bits per heavy atom. The summed E-state index contributed by atoms with van der Waals surface area (Å²) in [6.07, 6.45) is 7.07. The van der Waals surface area contributed by atoms with Crippen LogP contribution in [0.3, 0.4) is 0 Å². The van der Waals surface area contributed by atoms with Crippen LogP contribution in [-0.4, -0.2) is 23.7 Å². The van der Waals surface area contributed by atoms with E-state index in [0.29, 0.717) is 18.8 Å². The Labute approximate surface area is 110 Å². The molecule has 0 aliphatic heterocycles. The first-order valence-electron chi connectivity index (χ1n) is 7.05. The first kappa shape index (κ1) is 13.5. The number of aromatic nitrogens is 1. The summed E-state index contributed by atoms with van der Waals surface area (Å²) in [4.78, 5) is 4.37. The van der Waals surface area contributed by atoms with E-state index < -0.39 is 0 Å². The van der Waals surface area contributed by atoms with Crippen LogP contribution in [0.15, 0.2) is 18.3 Å². The van der Waals surface area contributed by atoms with Crippen molar-refractivity contribution in [2.75, 3.05) is 6.54 Å². The Hall–Kier alpha value is -0.930. The van der Waals surface area contributed by atoms with Gasteiger partial charge < -0.3 is 10.1 Å². The van der Waals surface area contributed by atoms with E-state index in [9.17, 15) is 0 Å². The quantitative estimate of drug-likeness (QED) is 0.870. The third kappa shape index (κ3) is 3.79. The van der Waals surface area contributed by atoms with Crippen LogP contribution in [0.1, 0.15) is 43.9 Å². The van der Waals surface area contributed by atoms with Gasteiger partial charge in [0, 0.05) is 12.2 Å². The summed E-state index contributed by atoms with van der Waals surface area (Å²) in [6.45, 7) is 5.99. The molecule has 3 nitrogen and oxygen atoms in total. The Morgan fingerprint density at radius 1 is 1.33 bits per heavy atom. The van der Waals surface area contributed by atoms with Crippen LogP contribution in [0.5, 0.6) is 0 Å². The Bertz CT molecular complexity index is 359. The van der Waals surface area contributed by atoms with Crippen molar-refractivity contribution in [2.24, 2.45) is 0 Å². The second-order valence-corrected chi connectivity index (χ2v) is 5.11. The molecule has 100 valence electrons. The van der Waals surface area contributed by atoms with E-state index in [1.54, 1.807) is 0 Å². The van der Waals surface area contributed by atoms with Crippen LogP contribution in [0.4, 0.5) is 0 Å². The fourth-order valence-electron chi connectivity index (χ4n) is 2.59. The van der Waals surface area contributed by atoms with Gasteiger partial charge in [0.1, 0.15) is 0 Å². The van der Waals surface area contributed by atoms with E-state index in [1.807, 2.05) is 12.3 Å².